The Morgan fingerprint density at radius 1 is 0.397 bits per heavy atom. The van der Waals surface area contributed by atoms with E-state index in [0.29, 0.717) is 0 Å². The predicted octanol–water partition coefficient (Wildman–Crippen LogP) is 11.1. The third-order valence-corrected chi connectivity index (χ3v) is 10.9. The van der Waals surface area contributed by atoms with Gasteiger partial charge in [0.2, 0.25) is 0 Å². The smallest absolute Gasteiger partial charge is 0.668 e. The first-order chi connectivity index (χ1) is 26.0. The summed E-state index contributed by atoms with van der Waals surface area (Å²) in [6.07, 6.45) is 3.73. The van der Waals surface area contributed by atoms with Gasteiger partial charge in [0.1, 0.15) is 0 Å². The van der Waals surface area contributed by atoms with Crippen LogP contribution in [-0.2, 0) is 65.5 Å². The maximum Gasteiger partial charge on any atom is 4.00 e. The van der Waals surface area contributed by atoms with Gasteiger partial charge in [-0.25, -0.2) is 0 Å². The van der Waals surface area contributed by atoms with Crippen LogP contribution in [0.15, 0.2) is 48.8 Å². The summed E-state index contributed by atoms with van der Waals surface area (Å²) in [4.78, 5) is 33.2. The number of hydrogen-bond donors (Lipinski definition) is 0. The number of hydrogen-bond acceptors (Lipinski definition) is 4. The minimum absolute atomic E-state index is 0. The molecule has 0 saturated heterocycles. The van der Waals surface area contributed by atoms with Crippen LogP contribution in [-0.4, -0.2) is 161 Å². The van der Waals surface area contributed by atoms with Gasteiger partial charge in [-0.1, -0.05) is 124 Å². The van der Waals surface area contributed by atoms with E-state index in [1.165, 1.54) is 0 Å². The van der Waals surface area contributed by atoms with Crippen LogP contribution in [0, 0.1) is 0 Å². The van der Waals surface area contributed by atoms with E-state index < -0.39 is 32.9 Å². The third kappa shape index (κ3) is 63.2. The van der Waals surface area contributed by atoms with Gasteiger partial charge in [-0.15, -0.1) is 26.2 Å². The zero-order valence-electron chi connectivity index (χ0n) is 41.1. The number of pyridine rings is 2. The molecule has 0 aromatic carbocycles. The van der Waals surface area contributed by atoms with Gasteiger partial charge in [-0.3, -0.25) is 9.97 Å². The van der Waals surface area contributed by atoms with E-state index in [1.54, 1.807) is 56.4 Å². The van der Waals surface area contributed by atoms with Crippen molar-refractivity contribution in [1.82, 2.24) is 19.8 Å². The summed E-state index contributed by atoms with van der Waals surface area (Å²) in [5, 5.41) is 14.0. The molecule has 2 rings (SSSR count). The molecule has 58 heavy (non-hydrogen) atoms. The molecule has 332 valence electrons. The predicted molar refractivity (Wildman–Crippen MR) is 266 cm³/mol. The Morgan fingerprint density at radius 3 is 0.759 bits per heavy atom. The second-order valence-corrected chi connectivity index (χ2v) is 35.8. The van der Waals surface area contributed by atoms with E-state index in [4.69, 9.17) is 19.9 Å². The Labute approximate surface area is 403 Å². The van der Waals surface area contributed by atoms with Crippen molar-refractivity contribution < 1.29 is 52.4 Å². The largest absolute Gasteiger partial charge is 4.00 e. The van der Waals surface area contributed by atoms with Gasteiger partial charge < -0.3 is 51.0 Å². The molecule has 0 amide bonds. The summed E-state index contributed by atoms with van der Waals surface area (Å²) in [7, 11) is 8.76. The quantitative estimate of drug-likeness (QED) is 0.122. The van der Waals surface area contributed by atoms with Crippen LogP contribution >= 0.6 is 0 Å². The molecule has 0 radical (unpaired) electrons. The van der Waals surface area contributed by atoms with Crippen molar-refractivity contribution in [2.45, 2.75) is 91.7 Å². The summed E-state index contributed by atoms with van der Waals surface area (Å²) in [6.45, 7) is 37.0. The molecule has 0 aliphatic heterocycles. The molecular formula is C40H88N12Si4Zr2. The van der Waals surface area contributed by atoms with E-state index in [1.807, 2.05) is 24.5 Å². The average Bonchev–Trinajstić information content (AvgIpc) is 3.05. The molecule has 2 heterocycles. The van der Waals surface area contributed by atoms with E-state index >= 15 is 0 Å². The normalized spacial score (nSPS) is 11.0. The van der Waals surface area contributed by atoms with Crippen LogP contribution < -0.4 is 0 Å². The molecule has 0 aliphatic carbocycles. The van der Waals surface area contributed by atoms with Crippen molar-refractivity contribution in [3.8, 4) is 0 Å². The fraction of sp³-hybridized carbons (Fsp3) is 0.750. The Balaban J connectivity index is -0.000000178. The molecule has 12 nitrogen and oxygen atoms in total. The summed E-state index contributed by atoms with van der Waals surface area (Å²) in [6, 6.07) is 12.2. The van der Waals surface area contributed by atoms with Crippen LogP contribution in [0.4, 0.5) is 0 Å². The summed E-state index contributed by atoms with van der Waals surface area (Å²) in [5.41, 5.74) is 2.26. The van der Waals surface area contributed by atoms with Gasteiger partial charge in [0.15, 0.2) is 0 Å². The van der Waals surface area contributed by atoms with Crippen molar-refractivity contribution in [2.24, 2.45) is 0 Å². The number of rotatable bonds is 20. The van der Waals surface area contributed by atoms with Gasteiger partial charge in [0.25, 0.3) is 0 Å². The molecule has 0 atom stereocenters. The van der Waals surface area contributed by atoms with Crippen molar-refractivity contribution in [1.29, 1.82) is 0 Å². The molecule has 0 bridgehead atoms. The molecule has 0 spiro atoms. The van der Waals surface area contributed by atoms with Crippen LogP contribution in [0.1, 0.15) is 11.4 Å². The zero-order chi connectivity index (χ0) is 44.1. The molecule has 0 saturated carbocycles. The first-order valence-electron chi connectivity index (χ1n) is 19.9. The van der Waals surface area contributed by atoms with Crippen LogP contribution in [0.5, 0.6) is 0 Å². The second-order valence-electron chi connectivity index (χ2n) is 17.2. The first-order valence-corrected chi connectivity index (χ1v) is 33.7. The molecule has 0 N–H and O–H groups in total. The fourth-order valence-electron chi connectivity index (χ4n) is 4.09. The molecule has 0 aliphatic rings. The minimum atomic E-state index is -1.31. The third-order valence-electron chi connectivity index (χ3n) is 6.23. The number of aromatic nitrogens is 2. The van der Waals surface area contributed by atoms with E-state index in [9.17, 15) is 0 Å². The SMILES string of the molecule is C[N-]C.C[N-]C.C[N-]C.C[N-]C.C[Si](C)(C)[N-]CCN(CC[N-][Si](C)(C)C)Cc1ccccn1.C[Si](C)(C)[N-]CCN(CC[N-][Si](C)(C)C)Cc1ccccn1.[Zr+4].[Zr+4]. The van der Waals surface area contributed by atoms with Crippen molar-refractivity contribution in [3.63, 3.8) is 0 Å². The molecule has 0 unspecified atom stereocenters. The van der Waals surface area contributed by atoms with Gasteiger partial charge >= 0.3 is 52.4 Å². The van der Waals surface area contributed by atoms with Gasteiger partial charge in [-0.2, -0.15) is 56.4 Å². The summed E-state index contributed by atoms with van der Waals surface area (Å²) < 4.78 is 0. The Hall–Kier alpha value is 0.534. The molecule has 2 aromatic rings. The van der Waals surface area contributed by atoms with Crippen LogP contribution in [0.3, 0.4) is 0 Å². The zero-order valence-corrected chi connectivity index (χ0v) is 50.0. The fourth-order valence-corrected chi connectivity index (χ4v) is 7.17. The van der Waals surface area contributed by atoms with E-state index in [2.05, 4.69) is 144 Å². The molecule has 2 aromatic heterocycles. The van der Waals surface area contributed by atoms with Crippen LogP contribution in [0.25, 0.3) is 41.2 Å². The van der Waals surface area contributed by atoms with Crippen LogP contribution in [0.2, 0.25) is 78.6 Å². The molecule has 0 fully saturated rings. The number of nitrogens with zero attached hydrogens (tertiary/aromatic N) is 12. The average molecular weight is 1030 g/mol. The van der Waals surface area contributed by atoms with Gasteiger partial charge in [0, 0.05) is 25.5 Å². The van der Waals surface area contributed by atoms with E-state index in [0.717, 1.165) is 76.8 Å². The van der Waals surface area contributed by atoms with Crippen molar-refractivity contribution >= 4 is 32.9 Å². The van der Waals surface area contributed by atoms with Crippen molar-refractivity contribution in [2.75, 3.05) is 109 Å². The monoisotopic (exact) mass is 1030 g/mol. The van der Waals surface area contributed by atoms with Crippen molar-refractivity contribution in [3.05, 3.63) is 101 Å². The molecular weight excluding hydrogens is 943 g/mol. The maximum absolute atomic E-state index is 4.85. The Morgan fingerprint density at radius 2 is 0.603 bits per heavy atom. The van der Waals surface area contributed by atoms with E-state index in [-0.39, 0.29) is 52.4 Å². The Kier molecular flexibility index (Phi) is 53.4. The summed E-state index contributed by atoms with van der Waals surface area (Å²) >= 11 is 0. The van der Waals surface area contributed by atoms with Gasteiger partial charge in [0.05, 0.1) is 11.4 Å². The minimum Gasteiger partial charge on any atom is -0.668 e. The molecule has 18 heteroatoms. The Bertz CT molecular complexity index is 947. The summed E-state index contributed by atoms with van der Waals surface area (Å²) in [5.74, 6) is 0. The topological polar surface area (TPSA) is 145 Å². The standard InChI is InChI=1S/2C16H32N4Si2.4C2H6N.2Zr/c2*1-21(2,3)18-11-13-20(14-12-19-22(4,5)6)15-16-9-7-8-10-17-16;4*1-3-2;;/h2*7-10H,11-15H2,1-6H3;4*1-2H3;;/q2*-2;4*-1;2*+4. The second kappa shape index (κ2) is 44.2. The maximum atomic E-state index is 4.85. The first kappa shape index (κ1) is 70.2. The van der Waals surface area contributed by atoms with Gasteiger partial charge in [-0.05, 0) is 50.4 Å².